The first-order chi connectivity index (χ1) is 9.49. The molecule has 2 N–H and O–H groups in total. The van der Waals surface area contributed by atoms with Crippen molar-refractivity contribution in [2.45, 2.75) is 25.8 Å². The van der Waals surface area contributed by atoms with Crippen LogP contribution in [-0.4, -0.2) is 41.0 Å². The number of nitrogens with one attached hydrogen (secondary N) is 1. The molecule has 1 atom stereocenters. The predicted octanol–water partition coefficient (Wildman–Crippen LogP) is 2.14. The Kier molecular flexibility index (Phi) is 4.62. The Morgan fingerprint density at radius 1 is 1.50 bits per heavy atom. The lowest BCUT2D eigenvalue weighted by molar-refractivity contribution is -0.142. The molecule has 0 radical (unpaired) electrons. The van der Waals surface area contributed by atoms with Gasteiger partial charge in [-0.1, -0.05) is 17.7 Å². The van der Waals surface area contributed by atoms with Crippen LogP contribution < -0.4 is 5.32 Å². The second-order valence-electron chi connectivity index (χ2n) is 4.93. The number of nitrogens with zero attached hydrogens (tertiary/aromatic N) is 1. The lowest BCUT2D eigenvalue weighted by Gasteiger charge is -2.20. The van der Waals surface area contributed by atoms with Crippen LogP contribution in [0.3, 0.4) is 0 Å². The van der Waals surface area contributed by atoms with Gasteiger partial charge < -0.3 is 10.4 Å². The van der Waals surface area contributed by atoms with E-state index in [0.717, 1.165) is 12.0 Å². The van der Waals surface area contributed by atoms with Gasteiger partial charge in [-0.15, -0.1) is 0 Å². The molecule has 0 spiro atoms. The van der Waals surface area contributed by atoms with Crippen LogP contribution >= 0.6 is 11.6 Å². The Morgan fingerprint density at radius 3 is 2.95 bits per heavy atom. The van der Waals surface area contributed by atoms with Crippen LogP contribution in [0.25, 0.3) is 0 Å². The normalized spacial score (nSPS) is 19.0. The fourth-order valence-corrected chi connectivity index (χ4v) is 2.59. The van der Waals surface area contributed by atoms with E-state index in [1.54, 1.807) is 23.1 Å². The van der Waals surface area contributed by atoms with Crippen molar-refractivity contribution in [1.82, 2.24) is 4.90 Å². The van der Waals surface area contributed by atoms with E-state index < -0.39 is 12.0 Å². The third-order valence-electron chi connectivity index (χ3n) is 3.54. The molecule has 108 valence electrons. The first kappa shape index (κ1) is 14.8. The first-order valence-electron chi connectivity index (χ1n) is 6.51. The molecule has 6 heteroatoms. The molecule has 1 aromatic carbocycles. The Morgan fingerprint density at radius 2 is 2.25 bits per heavy atom. The van der Waals surface area contributed by atoms with Crippen LogP contribution in [0.15, 0.2) is 18.2 Å². The summed E-state index contributed by atoms with van der Waals surface area (Å²) < 4.78 is 0. The van der Waals surface area contributed by atoms with Gasteiger partial charge >= 0.3 is 5.97 Å². The maximum absolute atomic E-state index is 12.0. The van der Waals surface area contributed by atoms with Crippen molar-refractivity contribution >= 4 is 29.2 Å². The SMILES string of the molecule is Cc1c(Cl)cccc1NC(=O)CN1CCC[C@H]1C(=O)O. The topological polar surface area (TPSA) is 69.6 Å². The van der Waals surface area contributed by atoms with Gasteiger partial charge in [0.05, 0.1) is 6.54 Å². The quantitative estimate of drug-likeness (QED) is 0.893. The van der Waals surface area contributed by atoms with Crippen LogP contribution in [0.4, 0.5) is 5.69 Å². The Labute approximate surface area is 122 Å². The number of carboxylic acids is 1. The zero-order valence-corrected chi connectivity index (χ0v) is 12.0. The van der Waals surface area contributed by atoms with Gasteiger partial charge in [-0.05, 0) is 44.0 Å². The zero-order chi connectivity index (χ0) is 14.7. The number of hydrogen-bond donors (Lipinski definition) is 2. The molecule has 0 bridgehead atoms. The highest BCUT2D eigenvalue weighted by Gasteiger charge is 2.31. The molecule has 1 fully saturated rings. The molecule has 0 saturated carbocycles. The van der Waals surface area contributed by atoms with Crippen molar-refractivity contribution < 1.29 is 14.7 Å². The molecule has 0 aliphatic carbocycles. The van der Waals surface area contributed by atoms with E-state index in [-0.39, 0.29) is 12.5 Å². The molecule has 1 amide bonds. The fraction of sp³-hybridized carbons (Fsp3) is 0.429. The zero-order valence-electron chi connectivity index (χ0n) is 11.2. The Hall–Kier alpha value is -1.59. The number of halogens is 1. The van der Waals surface area contributed by atoms with E-state index in [9.17, 15) is 9.59 Å². The highest BCUT2D eigenvalue weighted by atomic mass is 35.5. The highest BCUT2D eigenvalue weighted by Crippen LogP contribution is 2.23. The van der Waals surface area contributed by atoms with Crippen molar-refractivity contribution in [2.24, 2.45) is 0 Å². The van der Waals surface area contributed by atoms with Crippen LogP contribution in [0.5, 0.6) is 0 Å². The third kappa shape index (κ3) is 3.29. The second-order valence-corrected chi connectivity index (χ2v) is 5.33. The number of rotatable bonds is 4. The number of aliphatic carboxylic acids is 1. The van der Waals surface area contributed by atoms with Crippen molar-refractivity contribution in [3.05, 3.63) is 28.8 Å². The van der Waals surface area contributed by atoms with E-state index in [2.05, 4.69) is 5.32 Å². The molecular formula is C14H17ClN2O3. The van der Waals surface area contributed by atoms with E-state index >= 15 is 0 Å². The minimum absolute atomic E-state index is 0.0862. The summed E-state index contributed by atoms with van der Waals surface area (Å²) in [6.45, 7) is 2.55. The fourth-order valence-electron chi connectivity index (χ4n) is 2.41. The van der Waals surface area contributed by atoms with Gasteiger partial charge in [-0.3, -0.25) is 14.5 Å². The number of anilines is 1. The largest absolute Gasteiger partial charge is 0.480 e. The summed E-state index contributed by atoms with van der Waals surface area (Å²) >= 11 is 5.99. The number of carboxylic acid groups (broad SMARTS) is 1. The highest BCUT2D eigenvalue weighted by molar-refractivity contribution is 6.31. The van der Waals surface area contributed by atoms with E-state index in [1.807, 2.05) is 6.92 Å². The summed E-state index contributed by atoms with van der Waals surface area (Å²) in [5, 5.41) is 12.4. The molecule has 5 nitrogen and oxygen atoms in total. The minimum Gasteiger partial charge on any atom is -0.480 e. The lowest BCUT2D eigenvalue weighted by Crippen LogP contribution is -2.40. The molecule has 1 heterocycles. The monoisotopic (exact) mass is 296 g/mol. The van der Waals surface area contributed by atoms with Crippen molar-refractivity contribution in [1.29, 1.82) is 0 Å². The summed E-state index contributed by atoms with van der Waals surface area (Å²) in [7, 11) is 0. The van der Waals surface area contributed by atoms with Gasteiger partial charge in [-0.2, -0.15) is 0 Å². The number of amides is 1. The standard InChI is InChI=1S/C14H17ClN2O3/c1-9-10(15)4-2-5-11(9)16-13(18)8-17-7-3-6-12(17)14(19)20/h2,4-5,12H,3,6-8H2,1H3,(H,16,18)(H,19,20)/t12-/m0/s1. The summed E-state index contributed by atoms with van der Waals surface area (Å²) in [5.41, 5.74) is 1.47. The number of carbonyl (C=O) groups excluding carboxylic acids is 1. The van der Waals surface area contributed by atoms with Crippen LogP contribution in [0.2, 0.25) is 5.02 Å². The van der Waals surface area contributed by atoms with E-state index in [0.29, 0.717) is 23.7 Å². The average Bonchev–Trinajstić information content (AvgIpc) is 2.83. The number of carbonyl (C=O) groups is 2. The maximum atomic E-state index is 12.0. The predicted molar refractivity (Wildman–Crippen MR) is 77.0 cm³/mol. The van der Waals surface area contributed by atoms with Crippen LogP contribution in [-0.2, 0) is 9.59 Å². The molecule has 1 aromatic rings. The van der Waals surface area contributed by atoms with E-state index in [4.69, 9.17) is 16.7 Å². The van der Waals surface area contributed by atoms with Gasteiger partial charge in [0.25, 0.3) is 0 Å². The molecule has 0 aromatic heterocycles. The second kappa shape index (κ2) is 6.24. The summed E-state index contributed by atoms with van der Waals surface area (Å²) in [4.78, 5) is 24.8. The van der Waals surface area contributed by atoms with Gasteiger partial charge in [0.15, 0.2) is 0 Å². The molecule has 1 saturated heterocycles. The van der Waals surface area contributed by atoms with Crippen molar-refractivity contribution in [2.75, 3.05) is 18.4 Å². The van der Waals surface area contributed by atoms with Crippen LogP contribution in [0, 0.1) is 6.92 Å². The maximum Gasteiger partial charge on any atom is 0.320 e. The molecule has 2 rings (SSSR count). The van der Waals surface area contributed by atoms with Gasteiger partial charge in [-0.25, -0.2) is 0 Å². The number of hydrogen-bond acceptors (Lipinski definition) is 3. The minimum atomic E-state index is -0.866. The molecule has 1 aliphatic rings. The number of likely N-dealkylation sites (tertiary alicyclic amines) is 1. The molecular weight excluding hydrogens is 280 g/mol. The summed E-state index contributed by atoms with van der Waals surface area (Å²) in [5.74, 6) is -1.09. The molecule has 0 unspecified atom stereocenters. The van der Waals surface area contributed by atoms with Gasteiger partial charge in [0.1, 0.15) is 6.04 Å². The average molecular weight is 297 g/mol. The summed E-state index contributed by atoms with van der Waals surface area (Å²) in [6, 6.07) is 4.74. The molecule has 1 aliphatic heterocycles. The summed E-state index contributed by atoms with van der Waals surface area (Å²) in [6.07, 6.45) is 1.40. The lowest BCUT2D eigenvalue weighted by atomic mass is 10.2. The number of benzene rings is 1. The van der Waals surface area contributed by atoms with Crippen molar-refractivity contribution in [3.8, 4) is 0 Å². The molecule has 20 heavy (non-hydrogen) atoms. The first-order valence-corrected chi connectivity index (χ1v) is 6.88. The van der Waals surface area contributed by atoms with Gasteiger partial charge in [0.2, 0.25) is 5.91 Å². The van der Waals surface area contributed by atoms with E-state index in [1.165, 1.54) is 0 Å². The van der Waals surface area contributed by atoms with Gasteiger partial charge in [0, 0.05) is 10.7 Å². The Balaban J connectivity index is 1.99. The van der Waals surface area contributed by atoms with Crippen molar-refractivity contribution in [3.63, 3.8) is 0 Å². The van der Waals surface area contributed by atoms with Crippen LogP contribution in [0.1, 0.15) is 18.4 Å². The smallest absolute Gasteiger partial charge is 0.320 e. The third-order valence-corrected chi connectivity index (χ3v) is 3.95. The Bertz CT molecular complexity index is 533.